The first-order valence-electron chi connectivity index (χ1n) is 13.0. The Balaban J connectivity index is 1.54. The van der Waals surface area contributed by atoms with E-state index in [2.05, 4.69) is 59.8 Å². The molecule has 4 rings (SSSR count). The number of fused-ring (bicyclic) bond motifs is 4. The topological polar surface area (TPSA) is 20.2 Å². The van der Waals surface area contributed by atoms with Crippen LogP contribution in [0.15, 0.2) is 34.9 Å². The molecule has 2 fully saturated rings. The molecule has 1 heteroatoms. The lowest BCUT2D eigenvalue weighted by atomic mass is 9.48. The van der Waals surface area contributed by atoms with Crippen LogP contribution >= 0.6 is 0 Å². The van der Waals surface area contributed by atoms with Crippen molar-refractivity contribution in [1.29, 1.82) is 0 Å². The summed E-state index contributed by atoms with van der Waals surface area (Å²) in [6.45, 7) is 14.5. The zero-order valence-electron chi connectivity index (χ0n) is 20.5. The molecule has 0 saturated heterocycles. The van der Waals surface area contributed by atoms with Crippen molar-refractivity contribution in [2.45, 2.75) is 105 Å². The van der Waals surface area contributed by atoms with Gasteiger partial charge in [0.25, 0.3) is 0 Å². The normalized spacial score (nSPS) is 42.2. The van der Waals surface area contributed by atoms with Gasteiger partial charge < -0.3 is 5.11 Å². The van der Waals surface area contributed by atoms with Crippen LogP contribution < -0.4 is 0 Å². The van der Waals surface area contributed by atoms with E-state index in [1.807, 2.05) is 5.57 Å². The monoisotopic (exact) mass is 410 g/mol. The fourth-order valence-corrected chi connectivity index (χ4v) is 8.19. The number of hydrogen-bond donors (Lipinski definition) is 1. The second kappa shape index (κ2) is 8.27. The molecule has 0 aromatic heterocycles. The Morgan fingerprint density at radius 1 is 1.17 bits per heavy atom. The standard InChI is InChI=1S/C29H46O/c1-7-21(19(2)3)9-8-20(4)25-12-13-26-24-11-10-22-18-23(30)14-16-28(22,5)27(24)15-17-29(25,26)6/h7,12-13,19-20,22-23,25,27,30H,8-11,14-18H2,1-6H3/b21-7-/t20-,22+,23+,25+,27-,28+,29-/m1/s1. The van der Waals surface area contributed by atoms with Gasteiger partial charge in [0, 0.05) is 0 Å². The van der Waals surface area contributed by atoms with Gasteiger partial charge in [0.1, 0.15) is 0 Å². The van der Waals surface area contributed by atoms with Crippen LogP contribution in [0.2, 0.25) is 0 Å². The number of aliphatic hydroxyl groups is 1. The van der Waals surface area contributed by atoms with Crippen LogP contribution in [0, 0.1) is 40.4 Å². The van der Waals surface area contributed by atoms with Gasteiger partial charge in [0.05, 0.1) is 6.10 Å². The summed E-state index contributed by atoms with van der Waals surface area (Å²) in [7, 11) is 0. The van der Waals surface area contributed by atoms with Crippen LogP contribution in [0.5, 0.6) is 0 Å². The molecule has 0 amide bonds. The van der Waals surface area contributed by atoms with E-state index in [9.17, 15) is 5.11 Å². The summed E-state index contributed by atoms with van der Waals surface area (Å²) in [5.74, 6) is 3.61. The van der Waals surface area contributed by atoms with Crippen molar-refractivity contribution in [1.82, 2.24) is 0 Å². The Labute approximate surface area is 186 Å². The van der Waals surface area contributed by atoms with Crippen LogP contribution in [-0.2, 0) is 0 Å². The van der Waals surface area contributed by atoms with Crippen molar-refractivity contribution >= 4 is 0 Å². The molecule has 4 aliphatic carbocycles. The molecule has 0 unspecified atom stereocenters. The van der Waals surface area contributed by atoms with E-state index in [-0.39, 0.29) is 6.10 Å². The first-order chi connectivity index (χ1) is 14.2. The highest BCUT2D eigenvalue weighted by atomic mass is 16.3. The quantitative estimate of drug-likeness (QED) is 0.457. The van der Waals surface area contributed by atoms with Crippen molar-refractivity contribution < 1.29 is 5.11 Å². The van der Waals surface area contributed by atoms with Crippen LogP contribution in [0.25, 0.3) is 0 Å². The molecule has 0 aromatic carbocycles. The Bertz CT molecular complexity index is 739. The molecule has 0 bridgehead atoms. The highest BCUT2D eigenvalue weighted by molar-refractivity contribution is 5.44. The summed E-state index contributed by atoms with van der Waals surface area (Å²) < 4.78 is 0. The third-order valence-electron chi connectivity index (χ3n) is 10.2. The SMILES string of the molecule is C/C=C(/CC[C@@H](C)[C@@H]1C=CC2=C3CC[C@H]4C[C@@H](O)CC[C@]4(C)[C@@H]3CC[C@@]21C)C(C)C. The minimum atomic E-state index is -0.0457. The van der Waals surface area contributed by atoms with Crippen LogP contribution in [0.1, 0.15) is 99.3 Å². The molecule has 2 saturated carbocycles. The average molecular weight is 411 g/mol. The summed E-state index contributed by atoms with van der Waals surface area (Å²) in [6, 6.07) is 0. The number of hydrogen-bond acceptors (Lipinski definition) is 1. The van der Waals surface area contributed by atoms with Crippen molar-refractivity contribution in [2.24, 2.45) is 40.4 Å². The van der Waals surface area contributed by atoms with Crippen molar-refractivity contribution in [3.05, 3.63) is 34.9 Å². The van der Waals surface area contributed by atoms with Gasteiger partial charge in [0.2, 0.25) is 0 Å². The highest BCUT2D eigenvalue weighted by Crippen LogP contribution is 2.64. The summed E-state index contributed by atoms with van der Waals surface area (Å²) in [6.07, 6.45) is 18.6. The predicted octanol–water partition coefficient (Wildman–Crippen LogP) is 7.87. The largest absolute Gasteiger partial charge is 0.393 e. The molecule has 30 heavy (non-hydrogen) atoms. The highest BCUT2D eigenvalue weighted by Gasteiger charge is 2.54. The van der Waals surface area contributed by atoms with Gasteiger partial charge in [-0.1, -0.05) is 64.0 Å². The molecule has 0 aromatic rings. The molecule has 0 spiro atoms. The maximum absolute atomic E-state index is 10.3. The fraction of sp³-hybridized carbons (Fsp3) is 0.793. The van der Waals surface area contributed by atoms with Gasteiger partial charge in [-0.25, -0.2) is 0 Å². The second-order valence-corrected chi connectivity index (χ2v) is 12.0. The van der Waals surface area contributed by atoms with E-state index < -0.39 is 0 Å². The molecule has 4 aliphatic rings. The Hall–Kier alpha value is -0.820. The van der Waals surface area contributed by atoms with Gasteiger partial charge in [0.15, 0.2) is 0 Å². The van der Waals surface area contributed by atoms with E-state index >= 15 is 0 Å². The summed E-state index contributed by atoms with van der Waals surface area (Å²) in [4.78, 5) is 0. The molecule has 7 atom stereocenters. The van der Waals surface area contributed by atoms with Crippen LogP contribution in [0.4, 0.5) is 0 Å². The molecular weight excluding hydrogens is 364 g/mol. The van der Waals surface area contributed by atoms with E-state index in [1.165, 1.54) is 44.9 Å². The van der Waals surface area contributed by atoms with E-state index in [0.717, 1.165) is 30.6 Å². The molecule has 168 valence electrons. The zero-order valence-corrected chi connectivity index (χ0v) is 20.5. The second-order valence-electron chi connectivity index (χ2n) is 12.0. The predicted molar refractivity (Wildman–Crippen MR) is 128 cm³/mol. The van der Waals surface area contributed by atoms with Gasteiger partial charge >= 0.3 is 0 Å². The van der Waals surface area contributed by atoms with Crippen LogP contribution in [-0.4, -0.2) is 11.2 Å². The van der Waals surface area contributed by atoms with Gasteiger partial charge in [-0.15, -0.1) is 0 Å². The molecule has 1 nitrogen and oxygen atoms in total. The molecular formula is C29H46O. The molecule has 0 radical (unpaired) electrons. The Kier molecular flexibility index (Phi) is 6.17. The number of rotatable bonds is 5. The van der Waals surface area contributed by atoms with Crippen molar-refractivity contribution in [3.8, 4) is 0 Å². The summed E-state index contributed by atoms with van der Waals surface area (Å²) in [5.41, 5.74) is 5.97. The van der Waals surface area contributed by atoms with Crippen molar-refractivity contribution in [2.75, 3.05) is 0 Å². The first kappa shape index (κ1) is 22.4. The minimum Gasteiger partial charge on any atom is -0.393 e. The maximum atomic E-state index is 10.3. The van der Waals surface area contributed by atoms with Gasteiger partial charge in [-0.2, -0.15) is 0 Å². The average Bonchev–Trinajstić information content (AvgIpc) is 3.06. The molecule has 0 heterocycles. The van der Waals surface area contributed by atoms with E-state index in [4.69, 9.17) is 0 Å². The smallest absolute Gasteiger partial charge is 0.0543 e. The first-order valence-corrected chi connectivity index (χ1v) is 13.0. The summed E-state index contributed by atoms with van der Waals surface area (Å²) in [5, 5.41) is 10.3. The Morgan fingerprint density at radius 2 is 1.93 bits per heavy atom. The number of allylic oxidation sites excluding steroid dienone is 6. The molecule has 0 aliphatic heterocycles. The van der Waals surface area contributed by atoms with Crippen LogP contribution in [0.3, 0.4) is 0 Å². The van der Waals surface area contributed by atoms with Crippen molar-refractivity contribution in [3.63, 3.8) is 0 Å². The third kappa shape index (κ3) is 3.58. The Morgan fingerprint density at radius 3 is 2.63 bits per heavy atom. The van der Waals surface area contributed by atoms with E-state index in [1.54, 1.807) is 11.1 Å². The van der Waals surface area contributed by atoms with Gasteiger partial charge in [-0.05, 0) is 111 Å². The summed E-state index contributed by atoms with van der Waals surface area (Å²) >= 11 is 0. The fourth-order valence-electron chi connectivity index (χ4n) is 8.19. The zero-order chi connectivity index (χ0) is 21.7. The van der Waals surface area contributed by atoms with Gasteiger partial charge in [-0.3, -0.25) is 0 Å². The lowest BCUT2D eigenvalue weighted by Gasteiger charge is -2.56. The third-order valence-corrected chi connectivity index (χ3v) is 10.2. The maximum Gasteiger partial charge on any atom is 0.0543 e. The van der Waals surface area contributed by atoms with E-state index in [0.29, 0.717) is 22.7 Å². The molecule has 1 N–H and O–H groups in total. The number of aliphatic hydroxyl groups excluding tert-OH is 1. The lowest BCUT2D eigenvalue weighted by molar-refractivity contribution is -0.0376. The minimum absolute atomic E-state index is 0.0457. The lowest BCUT2D eigenvalue weighted by Crippen LogP contribution is -2.48.